The van der Waals surface area contributed by atoms with Gasteiger partial charge in [-0.25, -0.2) is 9.78 Å². The number of rotatable bonds is 8. The molecule has 1 heterocycles. The molecule has 1 unspecified atom stereocenters. The third-order valence-electron chi connectivity index (χ3n) is 6.59. The van der Waals surface area contributed by atoms with Gasteiger partial charge < -0.3 is 20.9 Å². The highest BCUT2D eigenvalue weighted by atomic mass is 16.2. The number of H-pyrrole nitrogens is 1. The molecule has 5 aromatic rings. The minimum atomic E-state index is -0.164. The number of fused-ring (bicyclic) bond motifs is 1. The Labute approximate surface area is 217 Å². The minimum absolute atomic E-state index is 0.140. The molecule has 4 N–H and O–H groups in total. The van der Waals surface area contributed by atoms with E-state index in [9.17, 15) is 4.79 Å². The molecule has 186 valence electrons. The highest BCUT2D eigenvalue weighted by molar-refractivity contribution is 5.86. The van der Waals surface area contributed by atoms with E-state index >= 15 is 0 Å². The molecule has 0 saturated heterocycles. The summed E-state index contributed by atoms with van der Waals surface area (Å²) in [6.45, 7) is 3.37. The smallest absolute Gasteiger partial charge is 0.318 e. The van der Waals surface area contributed by atoms with Gasteiger partial charge in [-0.05, 0) is 34.4 Å². The number of nitrogens with one attached hydrogen (secondary N) is 2. The number of carbonyl (C=O) groups excluding carboxylic acids is 1. The van der Waals surface area contributed by atoms with Gasteiger partial charge in [-0.2, -0.15) is 0 Å². The molecule has 1 aromatic heterocycles. The van der Waals surface area contributed by atoms with E-state index in [-0.39, 0.29) is 12.1 Å². The van der Waals surface area contributed by atoms with Gasteiger partial charge in [0.05, 0.1) is 24.5 Å². The summed E-state index contributed by atoms with van der Waals surface area (Å²) in [5, 5.41) is 5.52. The summed E-state index contributed by atoms with van der Waals surface area (Å²) < 4.78 is 0. The molecule has 6 heteroatoms. The van der Waals surface area contributed by atoms with Crippen LogP contribution < -0.4 is 11.1 Å². The van der Waals surface area contributed by atoms with E-state index in [1.165, 1.54) is 0 Å². The van der Waals surface area contributed by atoms with Gasteiger partial charge >= 0.3 is 6.03 Å². The van der Waals surface area contributed by atoms with Crippen molar-refractivity contribution in [3.8, 4) is 11.4 Å². The van der Waals surface area contributed by atoms with Gasteiger partial charge in [-0.15, -0.1) is 0 Å². The molecule has 1 atom stereocenters. The number of nitrogens with two attached hydrogens (primary N) is 1. The van der Waals surface area contributed by atoms with Crippen LogP contribution in [0, 0.1) is 0 Å². The number of urea groups is 1. The first-order valence-corrected chi connectivity index (χ1v) is 12.5. The van der Waals surface area contributed by atoms with Crippen LogP contribution >= 0.6 is 0 Å². The lowest BCUT2D eigenvalue weighted by Gasteiger charge is -2.26. The third kappa shape index (κ3) is 5.71. The molecule has 0 spiro atoms. The van der Waals surface area contributed by atoms with Crippen molar-refractivity contribution in [3.63, 3.8) is 0 Å². The number of hydrogen-bond donors (Lipinski definition) is 3. The Morgan fingerprint density at radius 2 is 1.59 bits per heavy atom. The van der Waals surface area contributed by atoms with Crippen LogP contribution in [0.5, 0.6) is 0 Å². The molecule has 0 bridgehead atoms. The topological polar surface area (TPSA) is 87.0 Å². The lowest BCUT2D eigenvalue weighted by Crippen LogP contribution is -2.40. The van der Waals surface area contributed by atoms with E-state index in [1.54, 1.807) is 11.1 Å². The normalized spacial score (nSPS) is 11.8. The zero-order valence-corrected chi connectivity index (χ0v) is 20.9. The molecule has 4 aromatic carbocycles. The van der Waals surface area contributed by atoms with E-state index in [2.05, 4.69) is 39.6 Å². The fraction of sp³-hybridized carbons (Fsp3) is 0.161. The number of hydrogen-bond acceptors (Lipinski definition) is 3. The van der Waals surface area contributed by atoms with Gasteiger partial charge in [0.15, 0.2) is 0 Å². The van der Waals surface area contributed by atoms with E-state index in [0.717, 1.165) is 44.5 Å². The predicted octanol–water partition coefficient (Wildman–Crippen LogP) is 6.16. The zero-order chi connectivity index (χ0) is 25.6. The van der Waals surface area contributed by atoms with Crippen molar-refractivity contribution in [2.45, 2.75) is 32.6 Å². The lowest BCUT2D eigenvalue weighted by atomic mass is 10.00. The molecular formula is C31H31N5O. The average molecular weight is 490 g/mol. The Balaban J connectivity index is 1.38. The highest BCUT2D eigenvalue weighted by Crippen LogP contribution is 2.25. The van der Waals surface area contributed by atoms with Crippen molar-refractivity contribution < 1.29 is 4.79 Å². The van der Waals surface area contributed by atoms with Crippen LogP contribution in [0.3, 0.4) is 0 Å². The minimum Gasteiger partial charge on any atom is -0.340 e. The highest BCUT2D eigenvalue weighted by Gasteiger charge is 2.20. The van der Waals surface area contributed by atoms with Crippen molar-refractivity contribution in [1.29, 1.82) is 0 Å². The van der Waals surface area contributed by atoms with Crippen LogP contribution in [0.15, 0.2) is 103 Å². The summed E-state index contributed by atoms with van der Waals surface area (Å²) in [6, 6.07) is 32.2. The summed E-state index contributed by atoms with van der Waals surface area (Å²) >= 11 is 0. The van der Waals surface area contributed by atoms with Gasteiger partial charge in [0, 0.05) is 18.7 Å². The van der Waals surface area contributed by atoms with Crippen molar-refractivity contribution in [3.05, 3.63) is 126 Å². The second-order valence-corrected chi connectivity index (χ2v) is 9.24. The van der Waals surface area contributed by atoms with E-state index < -0.39 is 0 Å². The molecule has 0 aliphatic rings. The van der Waals surface area contributed by atoms with Crippen LogP contribution in [-0.4, -0.2) is 20.9 Å². The maximum atomic E-state index is 13.6. The Morgan fingerprint density at radius 1 is 0.892 bits per heavy atom. The second-order valence-electron chi connectivity index (χ2n) is 9.24. The van der Waals surface area contributed by atoms with Crippen LogP contribution in [0.2, 0.25) is 0 Å². The summed E-state index contributed by atoms with van der Waals surface area (Å²) in [5.41, 5.74) is 10.8. The second kappa shape index (κ2) is 11.1. The third-order valence-corrected chi connectivity index (χ3v) is 6.59. The number of aromatic amines is 1. The largest absolute Gasteiger partial charge is 0.340 e. The Kier molecular flexibility index (Phi) is 7.28. The van der Waals surface area contributed by atoms with E-state index in [4.69, 9.17) is 5.73 Å². The molecule has 0 fully saturated rings. The van der Waals surface area contributed by atoms with E-state index in [1.807, 2.05) is 79.7 Å². The molecule has 2 amide bonds. The van der Waals surface area contributed by atoms with Gasteiger partial charge in [-0.1, -0.05) is 97.1 Å². The predicted molar refractivity (Wildman–Crippen MR) is 148 cm³/mol. The van der Waals surface area contributed by atoms with Crippen molar-refractivity contribution in [2.24, 2.45) is 5.73 Å². The number of amides is 2. The first-order chi connectivity index (χ1) is 18.1. The molecule has 37 heavy (non-hydrogen) atoms. The first kappa shape index (κ1) is 24.3. The molecule has 0 radical (unpaired) electrons. The SMILES string of the molecule is CC(NC(=O)N(Cc1ccc(CN)cc1)Cc1cnc(-c2ccccc2)[nH]1)c1cccc2ccccc12. The van der Waals surface area contributed by atoms with Gasteiger partial charge in [0.1, 0.15) is 5.82 Å². The van der Waals surface area contributed by atoms with Crippen LogP contribution in [0.4, 0.5) is 4.79 Å². The molecular weight excluding hydrogens is 458 g/mol. The Hall–Kier alpha value is -4.42. The van der Waals surface area contributed by atoms with E-state index in [0.29, 0.717) is 19.6 Å². The number of aromatic nitrogens is 2. The standard InChI is InChI=1S/C31H31N5O/c1-22(28-13-7-11-25-8-5-6-12-29(25)28)34-31(37)36(20-24-16-14-23(18-32)15-17-24)21-27-19-33-30(35-27)26-9-3-2-4-10-26/h2-17,19,22H,18,20-21,32H2,1H3,(H,33,35)(H,34,37). The Morgan fingerprint density at radius 3 is 2.38 bits per heavy atom. The van der Waals surface area contributed by atoms with Gasteiger partial charge in [0.25, 0.3) is 0 Å². The monoisotopic (exact) mass is 489 g/mol. The lowest BCUT2D eigenvalue weighted by molar-refractivity contribution is 0.188. The molecule has 6 nitrogen and oxygen atoms in total. The van der Waals surface area contributed by atoms with Crippen LogP contribution in [0.25, 0.3) is 22.2 Å². The fourth-order valence-corrected chi connectivity index (χ4v) is 4.57. The fourth-order valence-electron chi connectivity index (χ4n) is 4.57. The number of imidazole rings is 1. The maximum Gasteiger partial charge on any atom is 0.318 e. The van der Waals surface area contributed by atoms with Crippen molar-refractivity contribution >= 4 is 16.8 Å². The molecule has 0 aliphatic heterocycles. The van der Waals surface area contributed by atoms with Gasteiger partial charge in [0.2, 0.25) is 0 Å². The number of benzene rings is 4. The number of carbonyl (C=O) groups is 1. The zero-order valence-electron chi connectivity index (χ0n) is 20.9. The molecule has 0 saturated carbocycles. The summed E-state index contributed by atoms with van der Waals surface area (Å²) in [4.78, 5) is 23.4. The van der Waals surface area contributed by atoms with Crippen LogP contribution in [-0.2, 0) is 19.6 Å². The first-order valence-electron chi connectivity index (χ1n) is 12.5. The van der Waals surface area contributed by atoms with Crippen molar-refractivity contribution in [1.82, 2.24) is 20.2 Å². The Bertz CT molecular complexity index is 1470. The maximum absolute atomic E-state index is 13.6. The number of nitrogens with zero attached hydrogens (tertiary/aromatic N) is 2. The quantitative estimate of drug-likeness (QED) is 0.244. The summed E-state index contributed by atoms with van der Waals surface area (Å²) in [7, 11) is 0. The van der Waals surface area contributed by atoms with Crippen LogP contribution in [0.1, 0.15) is 35.3 Å². The molecule has 5 rings (SSSR count). The summed E-state index contributed by atoms with van der Waals surface area (Å²) in [5.74, 6) is 0.785. The molecule has 0 aliphatic carbocycles. The van der Waals surface area contributed by atoms with Crippen molar-refractivity contribution in [2.75, 3.05) is 0 Å². The average Bonchev–Trinajstić information content (AvgIpc) is 3.42. The summed E-state index contributed by atoms with van der Waals surface area (Å²) in [6.07, 6.45) is 1.80. The van der Waals surface area contributed by atoms with Gasteiger partial charge in [-0.3, -0.25) is 0 Å².